The van der Waals surface area contributed by atoms with Gasteiger partial charge in [-0.3, -0.25) is 4.99 Å². The van der Waals surface area contributed by atoms with Crippen molar-refractivity contribution in [3.05, 3.63) is 24.3 Å². The molecule has 27 heavy (non-hydrogen) atoms. The number of anilines is 1. The largest absolute Gasteiger partial charge is 0.493 e. The smallest absolute Gasteiger partial charge is 0.195 e. The summed E-state index contributed by atoms with van der Waals surface area (Å²) in [5, 5.41) is 6.69. The van der Waals surface area contributed by atoms with E-state index in [1.165, 1.54) is 6.42 Å². The molecule has 0 aliphatic carbocycles. The van der Waals surface area contributed by atoms with Crippen molar-refractivity contribution in [2.75, 3.05) is 58.9 Å². The fourth-order valence-electron chi connectivity index (χ4n) is 2.58. The number of halogens is 1. The number of guanidine groups is 1. The van der Waals surface area contributed by atoms with Crippen LogP contribution in [0.1, 0.15) is 33.1 Å². The quantitative estimate of drug-likeness (QED) is 0.190. The third-order valence-corrected chi connectivity index (χ3v) is 4.17. The molecule has 0 heterocycles. The minimum atomic E-state index is 0. The summed E-state index contributed by atoms with van der Waals surface area (Å²) in [5.74, 6) is 1.63. The standard InChI is InChI=1S/C20H36N4O2.HI/c1-5-24(6-2)14-8-7-13-22-20(21-3)23-18-11-9-12-19(17-18)26-16-10-15-25-4;/h9,11-12,17H,5-8,10,13-16H2,1-4H3,(H2,21,22,23);1H. The van der Waals surface area contributed by atoms with Gasteiger partial charge in [0.15, 0.2) is 5.96 Å². The lowest BCUT2D eigenvalue weighted by atomic mass is 10.3. The van der Waals surface area contributed by atoms with Crippen molar-refractivity contribution in [3.8, 4) is 5.75 Å². The minimum absolute atomic E-state index is 0. The van der Waals surface area contributed by atoms with Crippen LogP contribution in [0.4, 0.5) is 5.69 Å². The van der Waals surface area contributed by atoms with E-state index in [1.54, 1.807) is 14.2 Å². The van der Waals surface area contributed by atoms with Crippen LogP contribution >= 0.6 is 24.0 Å². The molecule has 0 saturated heterocycles. The number of nitrogens with zero attached hydrogens (tertiary/aromatic N) is 2. The maximum absolute atomic E-state index is 5.74. The molecule has 0 fully saturated rings. The van der Waals surface area contributed by atoms with E-state index < -0.39 is 0 Å². The van der Waals surface area contributed by atoms with E-state index >= 15 is 0 Å². The number of ether oxygens (including phenoxy) is 2. The fourth-order valence-corrected chi connectivity index (χ4v) is 2.58. The molecule has 0 spiro atoms. The molecule has 2 N–H and O–H groups in total. The van der Waals surface area contributed by atoms with Crippen LogP contribution < -0.4 is 15.4 Å². The number of hydrogen-bond acceptors (Lipinski definition) is 4. The van der Waals surface area contributed by atoms with Gasteiger partial charge in [0, 0.05) is 45.5 Å². The summed E-state index contributed by atoms with van der Waals surface area (Å²) >= 11 is 0. The predicted octanol–water partition coefficient (Wildman–Crippen LogP) is 3.83. The summed E-state index contributed by atoms with van der Waals surface area (Å²) in [6, 6.07) is 7.93. The molecular weight excluding hydrogens is 455 g/mol. The molecule has 6 nitrogen and oxygen atoms in total. The lowest BCUT2D eigenvalue weighted by Gasteiger charge is -2.18. The Morgan fingerprint density at radius 1 is 1.11 bits per heavy atom. The average Bonchev–Trinajstić information content (AvgIpc) is 2.67. The van der Waals surface area contributed by atoms with Gasteiger partial charge in [0.1, 0.15) is 5.75 Å². The van der Waals surface area contributed by atoms with Gasteiger partial charge in [-0.2, -0.15) is 0 Å². The van der Waals surface area contributed by atoms with Gasteiger partial charge >= 0.3 is 0 Å². The Kier molecular flexibility index (Phi) is 16.4. The van der Waals surface area contributed by atoms with E-state index in [1.807, 2.05) is 24.3 Å². The number of aliphatic imine (C=N–C) groups is 1. The Labute approximate surface area is 182 Å². The van der Waals surface area contributed by atoms with Crippen molar-refractivity contribution in [1.82, 2.24) is 10.2 Å². The molecule has 0 saturated carbocycles. The number of rotatable bonds is 13. The van der Waals surface area contributed by atoms with E-state index in [0.29, 0.717) is 13.2 Å². The van der Waals surface area contributed by atoms with Crippen LogP contribution in [0.5, 0.6) is 5.75 Å². The molecule has 0 amide bonds. The van der Waals surface area contributed by atoms with Gasteiger partial charge in [0.25, 0.3) is 0 Å². The maximum atomic E-state index is 5.74. The minimum Gasteiger partial charge on any atom is -0.493 e. The second-order valence-corrected chi connectivity index (χ2v) is 6.08. The second-order valence-electron chi connectivity index (χ2n) is 6.08. The highest BCUT2D eigenvalue weighted by Crippen LogP contribution is 2.17. The lowest BCUT2D eigenvalue weighted by Crippen LogP contribution is -2.32. The zero-order valence-corrected chi connectivity index (χ0v) is 19.6. The summed E-state index contributed by atoms with van der Waals surface area (Å²) in [5.41, 5.74) is 0.963. The molecule has 0 radical (unpaired) electrons. The van der Waals surface area contributed by atoms with Gasteiger partial charge in [-0.25, -0.2) is 0 Å². The van der Waals surface area contributed by atoms with Crippen LogP contribution in [-0.2, 0) is 4.74 Å². The van der Waals surface area contributed by atoms with Gasteiger partial charge in [-0.1, -0.05) is 19.9 Å². The first-order chi connectivity index (χ1) is 12.7. The second kappa shape index (κ2) is 17.1. The van der Waals surface area contributed by atoms with Crippen molar-refractivity contribution in [2.45, 2.75) is 33.1 Å². The van der Waals surface area contributed by atoms with E-state index in [-0.39, 0.29) is 24.0 Å². The van der Waals surface area contributed by atoms with E-state index in [9.17, 15) is 0 Å². The molecule has 156 valence electrons. The Hall–Kier alpha value is -1.06. The molecular formula is C20H37IN4O2. The Bertz CT molecular complexity index is 511. The summed E-state index contributed by atoms with van der Waals surface area (Å²) in [6.07, 6.45) is 3.20. The van der Waals surface area contributed by atoms with E-state index in [2.05, 4.69) is 34.4 Å². The van der Waals surface area contributed by atoms with Crippen molar-refractivity contribution in [1.29, 1.82) is 0 Å². The van der Waals surface area contributed by atoms with Crippen LogP contribution in [0.3, 0.4) is 0 Å². The van der Waals surface area contributed by atoms with Gasteiger partial charge < -0.3 is 25.0 Å². The molecule has 1 aromatic carbocycles. The molecule has 7 heteroatoms. The van der Waals surface area contributed by atoms with Crippen molar-refractivity contribution >= 4 is 35.6 Å². The van der Waals surface area contributed by atoms with Crippen LogP contribution in [0.25, 0.3) is 0 Å². The molecule has 1 rings (SSSR count). The summed E-state index contributed by atoms with van der Waals surface area (Å²) in [4.78, 5) is 6.74. The molecule has 0 atom stereocenters. The van der Waals surface area contributed by atoms with Crippen LogP contribution in [-0.4, -0.2) is 64.4 Å². The highest BCUT2D eigenvalue weighted by molar-refractivity contribution is 14.0. The van der Waals surface area contributed by atoms with Gasteiger partial charge in [-0.05, 0) is 44.6 Å². The SMILES string of the molecule is CCN(CC)CCCCNC(=NC)Nc1cccc(OCCCOC)c1.I. The zero-order chi connectivity index (χ0) is 19.0. The Morgan fingerprint density at radius 2 is 1.89 bits per heavy atom. The third-order valence-electron chi connectivity index (χ3n) is 4.17. The van der Waals surface area contributed by atoms with Crippen molar-refractivity contribution < 1.29 is 9.47 Å². The molecule has 0 aliphatic rings. The predicted molar refractivity (Wildman–Crippen MR) is 126 cm³/mol. The molecule has 0 aliphatic heterocycles. The van der Waals surface area contributed by atoms with Crippen LogP contribution in [0.15, 0.2) is 29.3 Å². The van der Waals surface area contributed by atoms with Gasteiger partial charge in [0.2, 0.25) is 0 Å². The van der Waals surface area contributed by atoms with Gasteiger partial charge in [-0.15, -0.1) is 24.0 Å². The normalized spacial score (nSPS) is 11.2. The first kappa shape index (κ1) is 25.9. The van der Waals surface area contributed by atoms with Crippen molar-refractivity contribution in [3.63, 3.8) is 0 Å². The van der Waals surface area contributed by atoms with Gasteiger partial charge in [0.05, 0.1) is 6.61 Å². The monoisotopic (exact) mass is 492 g/mol. The number of benzene rings is 1. The van der Waals surface area contributed by atoms with Crippen molar-refractivity contribution in [2.24, 2.45) is 4.99 Å². The van der Waals surface area contributed by atoms with Crippen LogP contribution in [0.2, 0.25) is 0 Å². The fraction of sp³-hybridized carbons (Fsp3) is 0.650. The maximum Gasteiger partial charge on any atom is 0.195 e. The zero-order valence-electron chi connectivity index (χ0n) is 17.3. The molecule has 0 bridgehead atoms. The topological polar surface area (TPSA) is 58.1 Å². The Balaban J connectivity index is 0.00000676. The summed E-state index contributed by atoms with van der Waals surface area (Å²) < 4.78 is 10.8. The third kappa shape index (κ3) is 12.1. The van der Waals surface area contributed by atoms with E-state index in [4.69, 9.17) is 9.47 Å². The highest BCUT2D eigenvalue weighted by atomic mass is 127. The highest BCUT2D eigenvalue weighted by Gasteiger charge is 2.02. The number of nitrogens with one attached hydrogen (secondary N) is 2. The first-order valence-electron chi connectivity index (χ1n) is 9.65. The average molecular weight is 492 g/mol. The molecule has 0 unspecified atom stereocenters. The first-order valence-corrected chi connectivity index (χ1v) is 9.65. The van der Waals surface area contributed by atoms with Crippen LogP contribution in [0, 0.1) is 0 Å². The summed E-state index contributed by atoms with van der Waals surface area (Å²) in [6.45, 7) is 10.1. The van der Waals surface area contributed by atoms with E-state index in [0.717, 1.165) is 56.4 Å². The number of methoxy groups -OCH3 is 1. The molecule has 1 aromatic rings. The number of unbranched alkanes of at least 4 members (excludes halogenated alkanes) is 1. The molecule has 0 aromatic heterocycles. The summed E-state index contributed by atoms with van der Waals surface area (Å²) in [7, 11) is 3.49. The lowest BCUT2D eigenvalue weighted by molar-refractivity contribution is 0.172. The number of hydrogen-bond donors (Lipinski definition) is 2. The Morgan fingerprint density at radius 3 is 2.56 bits per heavy atom.